The predicted octanol–water partition coefficient (Wildman–Crippen LogP) is 2.95. The Morgan fingerprint density at radius 2 is 1.90 bits per heavy atom. The molecule has 4 aromatic rings. The van der Waals surface area contributed by atoms with Gasteiger partial charge < -0.3 is 10.1 Å². The predicted molar refractivity (Wildman–Crippen MR) is 118 cm³/mol. The molecule has 0 fully saturated rings. The molecule has 0 aliphatic heterocycles. The van der Waals surface area contributed by atoms with Gasteiger partial charge in [0.1, 0.15) is 11.6 Å². The van der Waals surface area contributed by atoms with Crippen molar-refractivity contribution in [1.29, 1.82) is 0 Å². The first-order valence-corrected chi connectivity index (χ1v) is 10.5. The average molecular weight is 436 g/mol. The molecule has 10 heteroatoms. The summed E-state index contributed by atoms with van der Waals surface area (Å²) in [6.07, 6.45) is 0. The van der Waals surface area contributed by atoms with E-state index in [0.717, 1.165) is 22.7 Å². The number of nitrogens with zero attached hydrogens (tertiary/aromatic N) is 6. The third kappa shape index (κ3) is 5.10. The maximum absolute atomic E-state index is 12.6. The molecule has 1 amide bonds. The van der Waals surface area contributed by atoms with Gasteiger partial charge in [-0.3, -0.25) is 4.79 Å². The van der Waals surface area contributed by atoms with Gasteiger partial charge in [0, 0.05) is 6.07 Å². The molecule has 0 saturated carbocycles. The number of benzene rings is 2. The van der Waals surface area contributed by atoms with E-state index in [4.69, 9.17) is 4.74 Å². The van der Waals surface area contributed by atoms with E-state index >= 15 is 0 Å². The Balaban J connectivity index is 1.39. The van der Waals surface area contributed by atoms with Gasteiger partial charge in [0.05, 0.1) is 30.8 Å². The number of tetrazole rings is 1. The highest BCUT2D eigenvalue weighted by atomic mass is 32.2. The van der Waals surface area contributed by atoms with Crippen molar-refractivity contribution in [2.75, 3.05) is 18.2 Å². The number of aromatic nitrogens is 6. The van der Waals surface area contributed by atoms with Gasteiger partial charge in [-0.2, -0.15) is 5.10 Å². The number of amides is 1. The molecule has 0 aliphatic rings. The molecule has 1 N–H and O–H groups in total. The van der Waals surface area contributed by atoms with Crippen LogP contribution in [0.25, 0.3) is 5.69 Å². The molecule has 0 atom stereocenters. The zero-order valence-electron chi connectivity index (χ0n) is 17.1. The van der Waals surface area contributed by atoms with Crippen LogP contribution in [0, 0.1) is 6.92 Å². The van der Waals surface area contributed by atoms with E-state index in [2.05, 4.69) is 25.9 Å². The maximum atomic E-state index is 12.6. The summed E-state index contributed by atoms with van der Waals surface area (Å²) < 4.78 is 8.56. The summed E-state index contributed by atoms with van der Waals surface area (Å²) in [7, 11) is 1.63. The van der Waals surface area contributed by atoms with Crippen LogP contribution >= 0.6 is 11.8 Å². The first kappa shape index (κ1) is 20.6. The van der Waals surface area contributed by atoms with Gasteiger partial charge in [-0.1, -0.05) is 42.1 Å². The fourth-order valence-corrected chi connectivity index (χ4v) is 3.64. The van der Waals surface area contributed by atoms with Crippen LogP contribution in [0.4, 0.5) is 5.82 Å². The molecule has 158 valence electrons. The average Bonchev–Trinajstić information content (AvgIpc) is 3.39. The summed E-state index contributed by atoms with van der Waals surface area (Å²) in [5.74, 6) is 1.41. The van der Waals surface area contributed by atoms with Crippen LogP contribution in [-0.4, -0.2) is 48.8 Å². The molecule has 9 nitrogen and oxygen atoms in total. The van der Waals surface area contributed by atoms with Crippen molar-refractivity contribution < 1.29 is 9.53 Å². The second-order valence-corrected chi connectivity index (χ2v) is 7.66. The molecule has 0 unspecified atom stereocenters. The third-order valence-corrected chi connectivity index (χ3v) is 5.38. The molecule has 31 heavy (non-hydrogen) atoms. The lowest BCUT2D eigenvalue weighted by atomic mass is 10.2. The van der Waals surface area contributed by atoms with Crippen LogP contribution in [-0.2, 0) is 11.3 Å². The first-order valence-electron chi connectivity index (χ1n) is 9.56. The lowest BCUT2D eigenvalue weighted by Crippen LogP contribution is -2.17. The highest BCUT2D eigenvalue weighted by Crippen LogP contribution is 2.20. The fraction of sp³-hybridized carbons (Fsp3) is 0.190. The largest absolute Gasteiger partial charge is 0.497 e. The number of thioether (sulfide) groups is 1. The number of rotatable bonds is 8. The van der Waals surface area contributed by atoms with E-state index in [0.29, 0.717) is 17.5 Å². The molecule has 2 aromatic heterocycles. The summed E-state index contributed by atoms with van der Waals surface area (Å²) in [6, 6.07) is 19.2. The summed E-state index contributed by atoms with van der Waals surface area (Å²) >= 11 is 1.28. The Kier molecular flexibility index (Phi) is 6.27. The number of ether oxygens (including phenoxy) is 1. The molecule has 4 rings (SSSR count). The number of hydrogen-bond acceptors (Lipinski definition) is 7. The SMILES string of the molecule is COc1ccc(Cn2nnnc2SCC(=O)Nc2cc(C)nn2-c2ccccc2)cc1. The van der Waals surface area contributed by atoms with Gasteiger partial charge in [0.15, 0.2) is 0 Å². The summed E-state index contributed by atoms with van der Waals surface area (Å²) in [6.45, 7) is 2.39. The smallest absolute Gasteiger partial charge is 0.236 e. The molecular weight excluding hydrogens is 414 g/mol. The number of carbonyl (C=O) groups excluding carboxylic acids is 1. The topological polar surface area (TPSA) is 99.8 Å². The molecule has 2 heterocycles. The summed E-state index contributed by atoms with van der Waals surface area (Å²) in [5, 5.41) is 19.8. The number of carbonyl (C=O) groups is 1. The fourth-order valence-electron chi connectivity index (χ4n) is 2.97. The Morgan fingerprint density at radius 1 is 1.13 bits per heavy atom. The Morgan fingerprint density at radius 3 is 2.65 bits per heavy atom. The Labute approximate surface area is 183 Å². The van der Waals surface area contributed by atoms with E-state index in [-0.39, 0.29) is 11.7 Å². The standard InChI is InChI=1S/C21H21N7O2S/c1-15-12-19(28(24-15)17-6-4-3-5-7-17)22-20(29)14-31-21-23-25-26-27(21)13-16-8-10-18(30-2)11-9-16/h3-12H,13-14H2,1-2H3,(H,22,29). The van der Waals surface area contributed by atoms with Gasteiger partial charge in [0.25, 0.3) is 0 Å². The van der Waals surface area contributed by atoms with Crippen LogP contribution < -0.4 is 10.1 Å². The number of aryl methyl sites for hydroxylation is 1. The van der Waals surface area contributed by atoms with Crippen LogP contribution in [0.3, 0.4) is 0 Å². The molecule has 0 bridgehead atoms. The third-order valence-electron chi connectivity index (χ3n) is 4.42. The number of nitrogens with one attached hydrogen (secondary N) is 1. The van der Waals surface area contributed by atoms with Crippen molar-refractivity contribution in [2.24, 2.45) is 0 Å². The second-order valence-electron chi connectivity index (χ2n) is 6.72. The van der Waals surface area contributed by atoms with Gasteiger partial charge in [-0.25, -0.2) is 9.36 Å². The molecule has 0 spiro atoms. The van der Waals surface area contributed by atoms with E-state index < -0.39 is 0 Å². The minimum atomic E-state index is -0.166. The van der Waals surface area contributed by atoms with Crippen molar-refractivity contribution in [3.8, 4) is 11.4 Å². The van der Waals surface area contributed by atoms with Gasteiger partial charge in [0.2, 0.25) is 11.1 Å². The quantitative estimate of drug-likeness (QED) is 0.425. The molecule has 0 radical (unpaired) electrons. The van der Waals surface area contributed by atoms with Gasteiger partial charge >= 0.3 is 0 Å². The molecular formula is C21H21N7O2S. The second kappa shape index (κ2) is 9.43. The normalized spacial score (nSPS) is 10.8. The Hall–Kier alpha value is -3.66. The van der Waals surface area contributed by atoms with E-state index in [1.807, 2.05) is 67.6 Å². The van der Waals surface area contributed by atoms with Crippen LogP contribution in [0.2, 0.25) is 0 Å². The highest BCUT2D eigenvalue weighted by molar-refractivity contribution is 7.99. The highest BCUT2D eigenvalue weighted by Gasteiger charge is 2.14. The Bertz CT molecular complexity index is 1160. The van der Waals surface area contributed by atoms with Crippen LogP contribution in [0.1, 0.15) is 11.3 Å². The monoisotopic (exact) mass is 435 g/mol. The lowest BCUT2D eigenvalue weighted by molar-refractivity contribution is -0.113. The van der Waals surface area contributed by atoms with Crippen molar-refractivity contribution in [3.63, 3.8) is 0 Å². The van der Waals surface area contributed by atoms with Crippen molar-refractivity contribution >= 4 is 23.5 Å². The van der Waals surface area contributed by atoms with E-state index in [9.17, 15) is 4.79 Å². The molecule has 0 aliphatic carbocycles. The summed E-state index contributed by atoms with van der Waals surface area (Å²) in [4.78, 5) is 12.6. The number of methoxy groups -OCH3 is 1. The maximum Gasteiger partial charge on any atom is 0.236 e. The number of hydrogen-bond donors (Lipinski definition) is 1. The van der Waals surface area contributed by atoms with Crippen LogP contribution in [0.5, 0.6) is 5.75 Å². The van der Waals surface area contributed by atoms with Crippen molar-refractivity contribution in [2.45, 2.75) is 18.6 Å². The number of para-hydroxylation sites is 1. The van der Waals surface area contributed by atoms with Crippen molar-refractivity contribution in [3.05, 3.63) is 71.9 Å². The molecule has 2 aromatic carbocycles. The minimum absolute atomic E-state index is 0.166. The zero-order valence-corrected chi connectivity index (χ0v) is 17.9. The van der Waals surface area contributed by atoms with E-state index in [1.165, 1.54) is 11.8 Å². The summed E-state index contributed by atoms with van der Waals surface area (Å²) in [5.41, 5.74) is 2.72. The van der Waals surface area contributed by atoms with Crippen LogP contribution in [0.15, 0.2) is 65.8 Å². The van der Waals surface area contributed by atoms with Gasteiger partial charge in [-0.05, 0) is 47.2 Å². The van der Waals surface area contributed by atoms with Crippen molar-refractivity contribution in [1.82, 2.24) is 30.0 Å². The molecule has 0 saturated heterocycles. The minimum Gasteiger partial charge on any atom is -0.497 e. The lowest BCUT2D eigenvalue weighted by Gasteiger charge is -2.09. The van der Waals surface area contributed by atoms with Gasteiger partial charge in [-0.15, -0.1) is 5.10 Å². The number of anilines is 1. The first-order chi connectivity index (χ1) is 15.1. The van der Waals surface area contributed by atoms with E-state index in [1.54, 1.807) is 16.5 Å². The zero-order chi connectivity index (χ0) is 21.6.